The second-order valence-electron chi connectivity index (χ2n) is 5.16. The standard InChI is InChI=1S/C13H20N2O2/c1-10-8-14(11(2)13(10)15(16)17)9-12-6-4-3-5-7-12/h8,12H,3-7,9H2,1-2H3. The van der Waals surface area contributed by atoms with Gasteiger partial charge < -0.3 is 4.57 Å². The molecule has 1 aromatic rings. The molecule has 0 aromatic carbocycles. The van der Waals surface area contributed by atoms with Gasteiger partial charge in [-0.2, -0.15) is 0 Å². The van der Waals surface area contributed by atoms with Crippen LogP contribution in [0.4, 0.5) is 5.69 Å². The molecule has 0 aliphatic heterocycles. The van der Waals surface area contributed by atoms with Gasteiger partial charge in [0.15, 0.2) is 0 Å². The van der Waals surface area contributed by atoms with E-state index in [4.69, 9.17) is 0 Å². The Kier molecular flexibility index (Phi) is 3.50. The molecule has 0 amide bonds. The fraction of sp³-hybridized carbons (Fsp3) is 0.692. The van der Waals surface area contributed by atoms with E-state index in [1.807, 2.05) is 20.0 Å². The highest BCUT2D eigenvalue weighted by atomic mass is 16.6. The van der Waals surface area contributed by atoms with Crippen molar-refractivity contribution in [1.29, 1.82) is 0 Å². The molecule has 17 heavy (non-hydrogen) atoms. The molecule has 0 N–H and O–H groups in total. The Bertz CT molecular complexity index is 417. The van der Waals surface area contributed by atoms with Gasteiger partial charge in [-0.1, -0.05) is 19.3 Å². The summed E-state index contributed by atoms with van der Waals surface area (Å²) in [6.07, 6.45) is 8.44. The second kappa shape index (κ2) is 4.90. The lowest BCUT2D eigenvalue weighted by Gasteiger charge is -2.22. The largest absolute Gasteiger partial charge is 0.345 e. The van der Waals surface area contributed by atoms with Crippen molar-refractivity contribution in [2.45, 2.75) is 52.5 Å². The number of hydrogen-bond donors (Lipinski definition) is 0. The van der Waals surface area contributed by atoms with Crippen LogP contribution in [0.25, 0.3) is 0 Å². The molecule has 1 fully saturated rings. The van der Waals surface area contributed by atoms with Crippen LogP contribution in [0.1, 0.15) is 43.4 Å². The lowest BCUT2D eigenvalue weighted by Crippen LogP contribution is -2.14. The summed E-state index contributed by atoms with van der Waals surface area (Å²) in [5.74, 6) is 0.703. The van der Waals surface area contributed by atoms with Gasteiger partial charge in [-0.25, -0.2) is 0 Å². The van der Waals surface area contributed by atoms with E-state index >= 15 is 0 Å². The van der Waals surface area contributed by atoms with Crippen LogP contribution >= 0.6 is 0 Å². The molecule has 0 spiro atoms. The lowest BCUT2D eigenvalue weighted by molar-refractivity contribution is -0.386. The monoisotopic (exact) mass is 236 g/mol. The smallest absolute Gasteiger partial charge is 0.292 e. The van der Waals surface area contributed by atoms with E-state index in [0.29, 0.717) is 11.6 Å². The van der Waals surface area contributed by atoms with E-state index in [9.17, 15) is 10.1 Å². The van der Waals surface area contributed by atoms with Gasteiger partial charge in [0.1, 0.15) is 0 Å². The molecule has 0 bridgehead atoms. The zero-order valence-corrected chi connectivity index (χ0v) is 10.6. The van der Waals surface area contributed by atoms with Gasteiger partial charge in [-0.15, -0.1) is 0 Å². The first kappa shape index (κ1) is 12.1. The molecule has 1 aliphatic carbocycles. The molecule has 94 valence electrons. The quantitative estimate of drug-likeness (QED) is 0.594. The van der Waals surface area contributed by atoms with Gasteiger partial charge in [-0.3, -0.25) is 10.1 Å². The summed E-state index contributed by atoms with van der Waals surface area (Å²) in [5.41, 5.74) is 1.88. The van der Waals surface area contributed by atoms with Crippen LogP contribution in [0.15, 0.2) is 6.20 Å². The summed E-state index contributed by atoms with van der Waals surface area (Å²) in [6, 6.07) is 0. The van der Waals surface area contributed by atoms with E-state index < -0.39 is 0 Å². The van der Waals surface area contributed by atoms with Crippen LogP contribution in [0.3, 0.4) is 0 Å². The molecule has 0 unspecified atom stereocenters. The predicted octanol–water partition coefficient (Wildman–Crippen LogP) is 3.59. The first-order valence-corrected chi connectivity index (χ1v) is 6.40. The summed E-state index contributed by atoms with van der Waals surface area (Å²) in [6.45, 7) is 4.62. The Morgan fingerprint density at radius 2 is 2.00 bits per heavy atom. The van der Waals surface area contributed by atoms with Crippen LogP contribution < -0.4 is 0 Å². The normalized spacial score (nSPS) is 17.3. The highest BCUT2D eigenvalue weighted by molar-refractivity contribution is 5.44. The topological polar surface area (TPSA) is 48.1 Å². The molecule has 1 aliphatic rings. The van der Waals surface area contributed by atoms with Gasteiger partial charge in [0.25, 0.3) is 5.69 Å². The second-order valence-corrected chi connectivity index (χ2v) is 5.16. The molecular weight excluding hydrogens is 216 g/mol. The number of hydrogen-bond acceptors (Lipinski definition) is 2. The molecule has 0 saturated heterocycles. The number of nitro groups is 1. The zero-order valence-electron chi connectivity index (χ0n) is 10.6. The average molecular weight is 236 g/mol. The van der Waals surface area contributed by atoms with Crippen molar-refractivity contribution in [3.8, 4) is 0 Å². The van der Waals surface area contributed by atoms with E-state index in [0.717, 1.165) is 17.8 Å². The fourth-order valence-corrected chi connectivity index (χ4v) is 2.93. The third-order valence-electron chi connectivity index (χ3n) is 3.86. The lowest BCUT2D eigenvalue weighted by atomic mass is 9.89. The van der Waals surface area contributed by atoms with Crippen LogP contribution in [0.2, 0.25) is 0 Å². The van der Waals surface area contributed by atoms with E-state index in [2.05, 4.69) is 4.57 Å². The molecular formula is C13H20N2O2. The minimum Gasteiger partial charge on any atom is -0.345 e. The highest BCUT2D eigenvalue weighted by Gasteiger charge is 2.22. The summed E-state index contributed by atoms with van der Waals surface area (Å²) >= 11 is 0. The van der Waals surface area contributed by atoms with Crippen LogP contribution in [0, 0.1) is 29.9 Å². The van der Waals surface area contributed by atoms with E-state index in [1.165, 1.54) is 32.1 Å². The van der Waals surface area contributed by atoms with Crippen LogP contribution in [0.5, 0.6) is 0 Å². The Balaban J connectivity index is 2.15. The summed E-state index contributed by atoms with van der Waals surface area (Å²) < 4.78 is 2.07. The average Bonchev–Trinajstić information content (AvgIpc) is 2.55. The Labute approximate surface area is 102 Å². The van der Waals surface area contributed by atoms with Crippen molar-refractivity contribution in [1.82, 2.24) is 4.57 Å². The first-order valence-electron chi connectivity index (χ1n) is 6.40. The van der Waals surface area contributed by atoms with Crippen molar-refractivity contribution in [3.05, 3.63) is 27.6 Å². The van der Waals surface area contributed by atoms with Gasteiger partial charge in [0.05, 0.1) is 10.6 Å². The first-order chi connectivity index (χ1) is 8.09. The highest BCUT2D eigenvalue weighted by Crippen LogP contribution is 2.29. The summed E-state index contributed by atoms with van der Waals surface area (Å²) in [4.78, 5) is 10.7. The number of nitrogens with zero attached hydrogens (tertiary/aromatic N) is 2. The molecule has 0 radical (unpaired) electrons. The van der Waals surface area contributed by atoms with Crippen molar-refractivity contribution in [2.24, 2.45) is 5.92 Å². The maximum absolute atomic E-state index is 10.9. The predicted molar refractivity (Wildman–Crippen MR) is 67.1 cm³/mol. The van der Waals surface area contributed by atoms with Crippen molar-refractivity contribution >= 4 is 5.69 Å². The number of aryl methyl sites for hydroxylation is 1. The third kappa shape index (κ3) is 2.51. The van der Waals surface area contributed by atoms with Gasteiger partial charge in [-0.05, 0) is 32.6 Å². The molecule has 1 saturated carbocycles. The molecule has 2 rings (SSSR count). The maximum atomic E-state index is 10.9. The molecule has 4 heteroatoms. The van der Waals surface area contributed by atoms with E-state index in [-0.39, 0.29) is 4.92 Å². The Hall–Kier alpha value is -1.32. The Morgan fingerprint density at radius 1 is 1.35 bits per heavy atom. The van der Waals surface area contributed by atoms with Crippen molar-refractivity contribution in [3.63, 3.8) is 0 Å². The number of aromatic nitrogens is 1. The summed E-state index contributed by atoms with van der Waals surface area (Å²) in [5, 5.41) is 10.9. The molecule has 4 nitrogen and oxygen atoms in total. The fourth-order valence-electron chi connectivity index (χ4n) is 2.93. The van der Waals surface area contributed by atoms with E-state index in [1.54, 1.807) is 0 Å². The molecule has 1 heterocycles. The SMILES string of the molecule is Cc1cn(CC2CCCCC2)c(C)c1[N+](=O)[O-]. The van der Waals surface area contributed by atoms with Crippen molar-refractivity contribution < 1.29 is 4.92 Å². The minimum absolute atomic E-state index is 0.262. The minimum atomic E-state index is -0.262. The third-order valence-corrected chi connectivity index (χ3v) is 3.86. The van der Waals surface area contributed by atoms with Gasteiger partial charge >= 0.3 is 0 Å². The number of rotatable bonds is 3. The van der Waals surface area contributed by atoms with Crippen LogP contribution in [-0.4, -0.2) is 9.49 Å². The summed E-state index contributed by atoms with van der Waals surface area (Å²) in [7, 11) is 0. The molecule has 0 atom stereocenters. The Morgan fingerprint density at radius 3 is 2.53 bits per heavy atom. The van der Waals surface area contributed by atoms with Crippen LogP contribution in [-0.2, 0) is 6.54 Å². The van der Waals surface area contributed by atoms with Crippen molar-refractivity contribution in [2.75, 3.05) is 0 Å². The van der Waals surface area contributed by atoms with Gasteiger partial charge in [0.2, 0.25) is 0 Å². The zero-order chi connectivity index (χ0) is 12.4. The molecule has 1 aromatic heterocycles. The van der Waals surface area contributed by atoms with Gasteiger partial charge in [0, 0.05) is 18.3 Å². The maximum Gasteiger partial charge on any atom is 0.292 e.